The Kier molecular flexibility index (Phi) is 5.07. The fraction of sp³-hybridized carbons (Fsp3) is 0.375. The monoisotopic (exact) mass is 330 g/mol. The molecule has 0 radical (unpaired) electrons. The maximum Gasteiger partial charge on any atom is 0.241 e. The number of carbonyl (C=O) groups is 2. The maximum absolute atomic E-state index is 11.9. The number of thioether (sulfide) groups is 1. The Morgan fingerprint density at radius 3 is 2.83 bits per heavy atom. The Morgan fingerprint density at radius 2 is 2.00 bits per heavy atom. The molecular formula is C16H18N4O2S. The quantitative estimate of drug-likeness (QED) is 0.840. The number of benzene rings is 1. The standard InChI is InChI=1S/C16H18N4O2S/c21-14(17-10-15(22)20-7-3-4-8-20)11-23-16-13-6-2-1-5-12(13)9-18-19-16/h1-2,5-6,9H,3-4,7-8,10-11H2,(H,17,21). The number of nitrogens with zero attached hydrogens (tertiary/aromatic N) is 3. The molecule has 2 amide bonds. The highest BCUT2D eigenvalue weighted by molar-refractivity contribution is 8.00. The van der Waals surface area contributed by atoms with Gasteiger partial charge in [0.2, 0.25) is 11.8 Å². The number of nitrogens with one attached hydrogen (secondary N) is 1. The van der Waals surface area contributed by atoms with Crippen LogP contribution in [0.15, 0.2) is 35.5 Å². The van der Waals surface area contributed by atoms with Crippen molar-refractivity contribution in [1.29, 1.82) is 0 Å². The number of likely N-dealkylation sites (tertiary alicyclic amines) is 1. The molecule has 7 heteroatoms. The third kappa shape index (κ3) is 3.98. The van der Waals surface area contributed by atoms with Gasteiger partial charge >= 0.3 is 0 Å². The second-order valence-electron chi connectivity index (χ2n) is 5.39. The van der Waals surface area contributed by atoms with Crippen molar-refractivity contribution < 1.29 is 9.59 Å². The van der Waals surface area contributed by atoms with Gasteiger partial charge in [0, 0.05) is 23.9 Å². The van der Waals surface area contributed by atoms with Crippen molar-refractivity contribution in [2.45, 2.75) is 17.9 Å². The summed E-state index contributed by atoms with van der Waals surface area (Å²) in [5, 5.41) is 13.4. The van der Waals surface area contributed by atoms with Gasteiger partial charge in [-0.05, 0) is 12.8 Å². The van der Waals surface area contributed by atoms with Crippen molar-refractivity contribution in [2.75, 3.05) is 25.4 Å². The minimum absolute atomic E-state index is 0.00852. The van der Waals surface area contributed by atoms with E-state index in [2.05, 4.69) is 15.5 Å². The van der Waals surface area contributed by atoms with Crippen LogP contribution >= 0.6 is 11.8 Å². The van der Waals surface area contributed by atoms with Gasteiger partial charge in [-0.1, -0.05) is 36.0 Å². The molecule has 1 saturated heterocycles. The first-order valence-corrected chi connectivity index (χ1v) is 8.60. The summed E-state index contributed by atoms with van der Waals surface area (Å²) in [6.45, 7) is 1.67. The van der Waals surface area contributed by atoms with Crippen molar-refractivity contribution in [3.63, 3.8) is 0 Å². The van der Waals surface area contributed by atoms with Gasteiger partial charge in [0.05, 0.1) is 18.5 Å². The van der Waals surface area contributed by atoms with Gasteiger partial charge in [-0.25, -0.2) is 0 Å². The molecule has 3 rings (SSSR count). The van der Waals surface area contributed by atoms with Crippen molar-refractivity contribution in [3.8, 4) is 0 Å². The van der Waals surface area contributed by atoms with Crippen molar-refractivity contribution >= 4 is 34.3 Å². The van der Waals surface area contributed by atoms with Gasteiger partial charge in [0.1, 0.15) is 5.03 Å². The largest absolute Gasteiger partial charge is 0.346 e. The van der Waals surface area contributed by atoms with Crippen molar-refractivity contribution in [3.05, 3.63) is 30.5 Å². The average Bonchev–Trinajstić information content (AvgIpc) is 3.12. The second kappa shape index (κ2) is 7.41. The summed E-state index contributed by atoms with van der Waals surface area (Å²) in [4.78, 5) is 25.6. The Labute approximate surface area is 138 Å². The number of rotatable bonds is 5. The number of fused-ring (bicyclic) bond motifs is 1. The van der Waals surface area contributed by atoms with E-state index in [0.717, 1.165) is 41.7 Å². The fourth-order valence-corrected chi connectivity index (χ4v) is 3.36. The third-order valence-corrected chi connectivity index (χ3v) is 4.75. The van der Waals surface area contributed by atoms with Crippen molar-refractivity contribution in [1.82, 2.24) is 20.4 Å². The van der Waals surface area contributed by atoms with E-state index >= 15 is 0 Å². The first-order chi connectivity index (χ1) is 11.2. The highest BCUT2D eigenvalue weighted by Crippen LogP contribution is 2.24. The predicted octanol–water partition coefficient (Wildman–Crippen LogP) is 1.46. The van der Waals surface area contributed by atoms with E-state index in [-0.39, 0.29) is 24.1 Å². The zero-order valence-corrected chi connectivity index (χ0v) is 13.5. The first-order valence-electron chi connectivity index (χ1n) is 7.62. The van der Waals surface area contributed by atoms with Crippen LogP contribution in [0.2, 0.25) is 0 Å². The van der Waals surface area contributed by atoms with Gasteiger partial charge in [-0.2, -0.15) is 5.10 Å². The van der Waals surface area contributed by atoms with E-state index < -0.39 is 0 Å². The van der Waals surface area contributed by atoms with Gasteiger partial charge in [0.25, 0.3) is 0 Å². The number of hydrogen-bond acceptors (Lipinski definition) is 5. The molecule has 1 aromatic heterocycles. The highest BCUT2D eigenvalue weighted by atomic mass is 32.2. The molecule has 120 valence electrons. The normalized spacial score (nSPS) is 14.2. The summed E-state index contributed by atoms with van der Waals surface area (Å²) in [5.41, 5.74) is 0. The van der Waals surface area contributed by atoms with E-state index in [9.17, 15) is 9.59 Å². The van der Waals surface area contributed by atoms with Crippen LogP contribution in [0.25, 0.3) is 10.8 Å². The molecule has 0 bridgehead atoms. The van der Waals surface area contributed by atoms with Crippen LogP contribution in [0.4, 0.5) is 0 Å². The van der Waals surface area contributed by atoms with E-state index in [1.54, 1.807) is 11.1 Å². The lowest BCUT2D eigenvalue weighted by atomic mass is 10.2. The lowest BCUT2D eigenvalue weighted by Gasteiger charge is -2.15. The average molecular weight is 330 g/mol. The molecule has 2 aromatic rings. The number of hydrogen-bond donors (Lipinski definition) is 1. The van der Waals surface area contributed by atoms with Crippen LogP contribution in [0.5, 0.6) is 0 Å². The van der Waals surface area contributed by atoms with Gasteiger partial charge in [0.15, 0.2) is 0 Å². The number of aromatic nitrogens is 2. The number of amides is 2. The maximum atomic E-state index is 11.9. The molecular weight excluding hydrogens is 312 g/mol. The zero-order valence-electron chi connectivity index (χ0n) is 12.7. The minimum atomic E-state index is -0.169. The van der Waals surface area contributed by atoms with Crippen LogP contribution in [0, 0.1) is 0 Å². The van der Waals surface area contributed by atoms with Crippen LogP contribution in [-0.2, 0) is 9.59 Å². The molecule has 1 fully saturated rings. The molecule has 6 nitrogen and oxygen atoms in total. The van der Waals surface area contributed by atoms with E-state index in [4.69, 9.17) is 0 Å². The molecule has 0 saturated carbocycles. The Balaban J connectivity index is 1.51. The summed E-state index contributed by atoms with van der Waals surface area (Å²) in [5.74, 6) is 0.0405. The predicted molar refractivity (Wildman–Crippen MR) is 89.1 cm³/mol. The van der Waals surface area contributed by atoms with Gasteiger partial charge in [-0.15, -0.1) is 5.10 Å². The van der Waals surface area contributed by atoms with Crippen LogP contribution in [0.3, 0.4) is 0 Å². The summed E-state index contributed by atoms with van der Waals surface area (Å²) >= 11 is 1.33. The first kappa shape index (κ1) is 15.7. The smallest absolute Gasteiger partial charge is 0.241 e. The van der Waals surface area contributed by atoms with Crippen LogP contribution < -0.4 is 5.32 Å². The fourth-order valence-electron chi connectivity index (χ4n) is 2.55. The summed E-state index contributed by atoms with van der Waals surface area (Å²) in [7, 11) is 0. The van der Waals surface area contributed by atoms with E-state index in [1.165, 1.54) is 11.8 Å². The molecule has 1 aromatic carbocycles. The Morgan fingerprint density at radius 1 is 1.22 bits per heavy atom. The Bertz CT molecular complexity index is 711. The highest BCUT2D eigenvalue weighted by Gasteiger charge is 2.18. The third-order valence-electron chi connectivity index (χ3n) is 3.77. The molecule has 23 heavy (non-hydrogen) atoms. The molecule has 0 unspecified atom stereocenters. The lowest BCUT2D eigenvalue weighted by molar-refractivity contribution is -0.131. The summed E-state index contributed by atoms with van der Waals surface area (Å²) < 4.78 is 0. The van der Waals surface area contributed by atoms with Crippen LogP contribution in [-0.4, -0.2) is 52.3 Å². The Hall–Kier alpha value is -2.15. The van der Waals surface area contributed by atoms with Gasteiger partial charge < -0.3 is 10.2 Å². The summed E-state index contributed by atoms with van der Waals surface area (Å²) in [6, 6.07) is 7.79. The SMILES string of the molecule is O=C(CSc1nncc2ccccc12)NCC(=O)N1CCCC1. The van der Waals surface area contributed by atoms with Crippen molar-refractivity contribution in [2.24, 2.45) is 0 Å². The van der Waals surface area contributed by atoms with E-state index in [1.807, 2.05) is 24.3 Å². The van der Waals surface area contributed by atoms with E-state index in [0.29, 0.717) is 0 Å². The minimum Gasteiger partial charge on any atom is -0.346 e. The topological polar surface area (TPSA) is 75.2 Å². The molecule has 1 N–H and O–H groups in total. The molecule has 0 spiro atoms. The molecule has 2 heterocycles. The molecule has 1 aliphatic heterocycles. The molecule has 1 aliphatic rings. The molecule has 0 atom stereocenters. The zero-order chi connectivity index (χ0) is 16.1. The summed E-state index contributed by atoms with van der Waals surface area (Å²) in [6.07, 6.45) is 3.80. The lowest BCUT2D eigenvalue weighted by Crippen LogP contribution is -2.39. The molecule has 0 aliphatic carbocycles. The van der Waals surface area contributed by atoms with Gasteiger partial charge in [-0.3, -0.25) is 9.59 Å². The van der Waals surface area contributed by atoms with Crippen LogP contribution in [0.1, 0.15) is 12.8 Å². The number of carbonyl (C=O) groups excluding carboxylic acids is 2. The second-order valence-corrected chi connectivity index (χ2v) is 6.35.